The van der Waals surface area contributed by atoms with Crippen LogP contribution in [-0.4, -0.2) is 50.5 Å². The van der Waals surface area contributed by atoms with E-state index >= 15 is 0 Å². The van der Waals surface area contributed by atoms with E-state index in [2.05, 4.69) is 5.32 Å². The van der Waals surface area contributed by atoms with Gasteiger partial charge in [0.1, 0.15) is 6.04 Å². The maximum Gasteiger partial charge on any atom is 0.243 e. The molecule has 0 aliphatic rings. The number of amides is 2. The van der Waals surface area contributed by atoms with Gasteiger partial charge in [-0.3, -0.25) is 13.9 Å². The number of halogens is 2. The topological polar surface area (TPSA) is 86.8 Å². The molecule has 0 heterocycles. The minimum atomic E-state index is -3.84. The summed E-state index contributed by atoms with van der Waals surface area (Å²) in [6.07, 6.45) is 3.03. The lowest BCUT2D eigenvalue weighted by molar-refractivity contribution is -0.141. The van der Waals surface area contributed by atoms with Crippen LogP contribution >= 0.6 is 0 Å². The molecule has 7 nitrogen and oxygen atoms in total. The lowest BCUT2D eigenvalue weighted by atomic mass is 10.0. The zero-order valence-electron chi connectivity index (χ0n) is 23.4. The van der Waals surface area contributed by atoms with Gasteiger partial charge in [-0.25, -0.2) is 17.2 Å². The number of unbranched alkanes of at least 4 members (excludes halogenated alkanes) is 1. The summed E-state index contributed by atoms with van der Waals surface area (Å²) in [4.78, 5) is 28.8. The van der Waals surface area contributed by atoms with Gasteiger partial charge in [0.05, 0.1) is 11.9 Å². The van der Waals surface area contributed by atoms with Crippen molar-refractivity contribution < 1.29 is 26.8 Å². The van der Waals surface area contributed by atoms with E-state index in [0.29, 0.717) is 13.0 Å². The highest BCUT2D eigenvalue weighted by atomic mass is 32.2. The fourth-order valence-electron chi connectivity index (χ4n) is 4.48. The Kier molecular flexibility index (Phi) is 11.8. The Hall–Kier alpha value is -3.79. The normalized spacial score (nSPS) is 12.0. The summed E-state index contributed by atoms with van der Waals surface area (Å²) in [5.74, 6) is -2.83. The summed E-state index contributed by atoms with van der Waals surface area (Å²) < 4.78 is 53.2. The number of hydrogen-bond acceptors (Lipinski definition) is 4. The third-order valence-electron chi connectivity index (χ3n) is 6.64. The second kappa shape index (κ2) is 15.3. The monoisotopic (exact) mass is 585 g/mol. The number of rotatable bonds is 15. The van der Waals surface area contributed by atoms with E-state index in [9.17, 15) is 26.8 Å². The second-order valence-electron chi connectivity index (χ2n) is 9.89. The summed E-state index contributed by atoms with van der Waals surface area (Å²) in [5, 5.41) is 2.96. The lowest BCUT2D eigenvalue weighted by Gasteiger charge is -2.32. The molecule has 3 aromatic rings. The molecule has 0 saturated carbocycles. The number of hydrogen-bond donors (Lipinski definition) is 1. The highest BCUT2D eigenvalue weighted by Gasteiger charge is 2.30. The van der Waals surface area contributed by atoms with E-state index in [-0.39, 0.29) is 43.4 Å². The van der Waals surface area contributed by atoms with Crippen LogP contribution in [0.4, 0.5) is 14.5 Å². The Morgan fingerprint density at radius 3 is 2.10 bits per heavy atom. The predicted octanol–water partition coefficient (Wildman–Crippen LogP) is 5.07. The number of anilines is 1. The molecule has 0 aromatic heterocycles. The Labute approximate surface area is 241 Å². The minimum Gasteiger partial charge on any atom is -0.354 e. The molecule has 1 N–H and O–H groups in total. The molecule has 2 amide bonds. The summed E-state index contributed by atoms with van der Waals surface area (Å²) in [7, 11) is -3.84. The number of nitrogens with one attached hydrogen (secondary N) is 1. The van der Waals surface area contributed by atoms with Crippen LogP contribution in [0.25, 0.3) is 0 Å². The van der Waals surface area contributed by atoms with Crippen LogP contribution in [0.15, 0.2) is 78.9 Å². The molecule has 3 aromatic carbocycles. The third-order valence-corrected chi connectivity index (χ3v) is 7.83. The van der Waals surface area contributed by atoms with Crippen molar-refractivity contribution in [1.82, 2.24) is 10.2 Å². The number of carbonyl (C=O) groups excluding carboxylic acids is 2. The minimum absolute atomic E-state index is 0.0303. The molecule has 41 heavy (non-hydrogen) atoms. The molecule has 0 saturated heterocycles. The Balaban J connectivity index is 1.85. The highest BCUT2D eigenvalue weighted by molar-refractivity contribution is 7.92. The quantitative estimate of drug-likeness (QED) is 0.253. The molecule has 220 valence electrons. The van der Waals surface area contributed by atoms with E-state index in [1.807, 2.05) is 67.6 Å². The molecule has 0 radical (unpaired) electrons. The first-order valence-corrected chi connectivity index (χ1v) is 15.5. The molecule has 0 bridgehead atoms. The molecule has 0 fully saturated rings. The number of carbonyl (C=O) groups is 2. The van der Waals surface area contributed by atoms with Gasteiger partial charge >= 0.3 is 0 Å². The zero-order valence-corrected chi connectivity index (χ0v) is 24.2. The van der Waals surface area contributed by atoms with Gasteiger partial charge in [-0.2, -0.15) is 0 Å². The van der Waals surface area contributed by atoms with Crippen LogP contribution in [-0.2, 0) is 32.6 Å². The Morgan fingerprint density at radius 1 is 0.878 bits per heavy atom. The van der Waals surface area contributed by atoms with E-state index < -0.39 is 27.7 Å². The predicted molar refractivity (Wildman–Crippen MR) is 157 cm³/mol. The number of sulfonamides is 1. The van der Waals surface area contributed by atoms with Crippen LogP contribution in [0.5, 0.6) is 0 Å². The molecule has 0 aliphatic heterocycles. The summed E-state index contributed by atoms with van der Waals surface area (Å²) >= 11 is 0. The summed E-state index contributed by atoms with van der Waals surface area (Å²) in [6, 6.07) is 20.9. The molecule has 0 aliphatic carbocycles. The Morgan fingerprint density at radius 2 is 1.51 bits per heavy atom. The van der Waals surface area contributed by atoms with Crippen LogP contribution in [0.3, 0.4) is 0 Å². The van der Waals surface area contributed by atoms with Gasteiger partial charge in [-0.1, -0.05) is 74.0 Å². The smallest absolute Gasteiger partial charge is 0.243 e. The van der Waals surface area contributed by atoms with Crippen molar-refractivity contribution in [2.75, 3.05) is 23.7 Å². The molecule has 0 unspecified atom stereocenters. The van der Waals surface area contributed by atoms with Crippen molar-refractivity contribution in [2.24, 2.45) is 0 Å². The van der Waals surface area contributed by atoms with Crippen LogP contribution < -0.4 is 9.62 Å². The van der Waals surface area contributed by atoms with Crippen molar-refractivity contribution in [3.8, 4) is 0 Å². The largest absolute Gasteiger partial charge is 0.354 e. The molecular weight excluding hydrogens is 548 g/mol. The fraction of sp³-hybridized carbons (Fsp3) is 0.355. The molecular formula is C31H37F2N3O4S. The number of nitrogens with zero attached hydrogens (tertiary/aromatic N) is 2. The first kappa shape index (κ1) is 31.7. The first-order valence-electron chi connectivity index (χ1n) is 13.7. The van der Waals surface area contributed by atoms with Gasteiger partial charge in [0, 0.05) is 38.5 Å². The average Bonchev–Trinajstić information content (AvgIpc) is 2.95. The van der Waals surface area contributed by atoms with Crippen LogP contribution in [0.1, 0.15) is 43.7 Å². The molecule has 3 rings (SSSR count). The van der Waals surface area contributed by atoms with E-state index in [1.165, 1.54) is 6.07 Å². The van der Waals surface area contributed by atoms with Gasteiger partial charge < -0.3 is 10.2 Å². The van der Waals surface area contributed by atoms with Crippen molar-refractivity contribution in [3.63, 3.8) is 0 Å². The third kappa shape index (κ3) is 9.67. The van der Waals surface area contributed by atoms with Crippen molar-refractivity contribution in [2.45, 2.75) is 51.6 Å². The van der Waals surface area contributed by atoms with Crippen LogP contribution in [0, 0.1) is 11.6 Å². The summed E-state index contributed by atoms with van der Waals surface area (Å²) in [5.41, 5.74) is 1.72. The van der Waals surface area contributed by atoms with Gasteiger partial charge in [0.15, 0.2) is 11.6 Å². The summed E-state index contributed by atoms with van der Waals surface area (Å²) in [6.45, 7) is 2.59. The highest BCUT2D eigenvalue weighted by Crippen LogP contribution is 2.22. The fourth-order valence-corrected chi connectivity index (χ4v) is 5.44. The lowest BCUT2D eigenvalue weighted by Crippen LogP contribution is -2.50. The van der Waals surface area contributed by atoms with Crippen molar-refractivity contribution >= 4 is 27.5 Å². The van der Waals surface area contributed by atoms with Gasteiger partial charge in [-0.05, 0) is 36.1 Å². The average molecular weight is 586 g/mol. The number of benzene rings is 3. The van der Waals surface area contributed by atoms with E-state index in [4.69, 9.17) is 0 Å². The SMILES string of the molecule is CCCCNC(=O)[C@H](Cc1ccccc1)N(Cc1ccccc1)C(=O)CCCN(c1ccc(F)c(F)c1)S(C)(=O)=O. The zero-order chi connectivity index (χ0) is 29.8. The van der Waals surface area contributed by atoms with E-state index in [0.717, 1.165) is 46.7 Å². The van der Waals surface area contributed by atoms with Crippen molar-refractivity contribution in [3.05, 3.63) is 102 Å². The maximum atomic E-state index is 13.9. The first-order chi connectivity index (χ1) is 19.6. The van der Waals surface area contributed by atoms with Gasteiger partial charge in [0.25, 0.3) is 0 Å². The molecule has 1 atom stereocenters. The maximum absolute atomic E-state index is 13.9. The standard InChI is InChI=1S/C31H37F2N3O4S/c1-3-4-19-34-31(38)29(21-24-12-7-5-8-13-24)35(23-25-14-9-6-10-15-25)30(37)16-11-20-36(41(2,39)40)26-17-18-27(32)28(33)22-26/h5-10,12-15,17-18,22,29H,3-4,11,16,19-21,23H2,1-2H3,(H,34,38)/t29-/m0/s1. The van der Waals surface area contributed by atoms with E-state index in [1.54, 1.807) is 4.90 Å². The second-order valence-corrected chi connectivity index (χ2v) is 11.8. The molecule has 0 spiro atoms. The Bertz CT molecular complexity index is 1390. The van der Waals surface area contributed by atoms with Crippen LogP contribution in [0.2, 0.25) is 0 Å². The van der Waals surface area contributed by atoms with Crippen molar-refractivity contribution in [1.29, 1.82) is 0 Å². The van der Waals surface area contributed by atoms with Gasteiger partial charge in [-0.15, -0.1) is 0 Å². The molecule has 10 heteroatoms. The van der Waals surface area contributed by atoms with Gasteiger partial charge in [0.2, 0.25) is 21.8 Å².